The molecule has 4 atom stereocenters. The molecule has 0 bridgehead atoms. The van der Waals surface area contributed by atoms with Crippen LogP contribution in [-0.4, -0.2) is 64.5 Å². The van der Waals surface area contributed by atoms with Crippen LogP contribution in [-0.2, 0) is 27.2 Å². The van der Waals surface area contributed by atoms with Crippen LogP contribution in [0.25, 0.3) is 0 Å². The molecular weight excluding hydrogens is 558 g/mol. The van der Waals surface area contributed by atoms with Crippen LogP contribution in [0.4, 0.5) is 0 Å². The first kappa shape index (κ1) is 33.5. The maximum atomic E-state index is 13.5. The van der Waals surface area contributed by atoms with Crippen molar-refractivity contribution in [2.75, 3.05) is 6.54 Å². The zero-order chi connectivity index (χ0) is 31.9. The first-order chi connectivity index (χ1) is 21.2. The number of terminal acetylenes is 1. The molecule has 0 unspecified atom stereocenters. The summed E-state index contributed by atoms with van der Waals surface area (Å²) in [5.41, 5.74) is 1.82. The number of aliphatic hydroxyl groups excluding tert-OH is 1. The van der Waals surface area contributed by atoms with Gasteiger partial charge < -0.3 is 26.4 Å². The molecule has 10 nitrogen and oxygen atoms in total. The van der Waals surface area contributed by atoms with Crippen molar-refractivity contribution in [3.63, 3.8) is 0 Å². The van der Waals surface area contributed by atoms with Crippen molar-refractivity contribution >= 4 is 23.6 Å². The van der Waals surface area contributed by atoms with Gasteiger partial charge in [-0.15, -0.1) is 6.42 Å². The second kappa shape index (κ2) is 17.2. The molecule has 0 saturated carbocycles. The van der Waals surface area contributed by atoms with E-state index in [9.17, 15) is 24.3 Å². The average Bonchev–Trinajstić information content (AvgIpc) is 3.02. The Morgan fingerprint density at radius 3 is 2.00 bits per heavy atom. The van der Waals surface area contributed by atoms with E-state index in [1.165, 1.54) is 6.20 Å². The molecule has 2 aromatic carbocycles. The topological polar surface area (TPSA) is 150 Å². The zero-order valence-corrected chi connectivity index (χ0v) is 24.9. The molecule has 4 amide bonds. The van der Waals surface area contributed by atoms with Gasteiger partial charge in [-0.2, -0.15) is 0 Å². The Labute approximate surface area is 258 Å². The molecule has 0 saturated heterocycles. The van der Waals surface area contributed by atoms with Gasteiger partial charge in [-0.1, -0.05) is 86.5 Å². The molecule has 3 rings (SSSR count). The van der Waals surface area contributed by atoms with Gasteiger partial charge in [-0.25, -0.2) is 0 Å². The quantitative estimate of drug-likeness (QED) is 0.169. The highest BCUT2D eigenvalue weighted by molar-refractivity contribution is 5.96. The largest absolute Gasteiger partial charge is 0.390 e. The van der Waals surface area contributed by atoms with E-state index < -0.39 is 54.3 Å². The molecule has 5 N–H and O–H groups in total. The van der Waals surface area contributed by atoms with Crippen molar-refractivity contribution in [2.45, 2.75) is 57.3 Å². The van der Waals surface area contributed by atoms with Gasteiger partial charge in [0.15, 0.2) is 0 Å². The molecule has 0 fully saturated rings. The summed E-state index contributed by atoms with van der Waals surface area (Å²) >= 11 is 0. The Balaban J connectivity index is 1.74. The number of benzene rings is 2. The third kappa shape index (κ3) is 10.7. The smallest absolute Gasteiger partial charge is 0.270 e. The van der Waals surface area contributed by atoms with E-state index in [-0.39, 0.29) is 31.0 Å². The maximum Gasteiger partial charge on any atom is 0.270 e. The van der Waals surface area contributed by atoms with E-state index in [2.05, 4.69) is 32.2 Å². The molecule has 1 aromatic heterocycles. The number of pyridine rings is 1. The Kier molecular flexibility index (Phi) is 13.1. The molecule has 230 valence electrons. The summed E-state index contributed by atoms with van der Waals surface area (Å²) in [6.45, 7) is 3.58. The number of aromatic nitrogens is 1. The Hall–Kier alpha value is -5.01. The molecule has 0 aliphatic heterocycles. The highest BCUT2D eigenvalue weighted by Gasteiger charge is 2.31. The van der Waals surface area contributed by atoms with Crippen LogP contribution in [0.3, 0.4) is 0 Å². The molecule has 44 heavy (non-hydrogen) atoms. The van der Waals surface area contributed by atoms with E-state index in [4.69, 9.17) is 6.42 Å². The number of hydrogen-bond acceptors (Lipinski definition) is 6. The predicted molar refractivity (Wildman–Crippen MR) is 167 cm³/mol. The fourth-order valence-corrected chi connectivity index (χ4v) is 4.58. The summed E-state index contributed by atoms with van der Waals surface area (Å²) in [6, 6.07) is 20.6. The zero-order valence-electron chi connectivity index (χ0n) is 24.9. The number of carbonyl (C=O) groups is 4. The molecule has 3 aromatic rings. The monoisotopic (exact) mass is 597 g/mol. The number of aliphatic hydroxyl groups is 1. The lowest BCUT2D eigenvalue weighted by Crippen LogP contribution is -2.56. The Morgan fingerprint density at radius 2 is 1.43 bits per heavy atom. The maximum absolute atomic E-state index is 13.5. The Bertz CT molecular complexity index is 1410. The predicted octanol–water partition coefficient (Wildman–Crippen LogP) is 1.79. The van der Waals surface area contributed by atoms with Gasteiger partial charge in [-0.3, -0.25) is 24.2 Å². The average molecular weight is 598 g/mol. The number of rotatable bonds is 15. The molecule has 0 spiro atoms. The minimum absolute atomic E-state index is 0.00168. The molecule has 1 heterocycles. The van der Waals surface area contributed by atoms with Gasteiger partial charge in [0.25, 0.3) is 5.91 Å². The van der Waals surface area contributed by atoms with Crippen molar-refractivity contribution < 1.29 is 24.3 Å². The lowest BCUT2D eigenvalue weighted by atomic mass is 9.96. The van der Waals surface area contributed by atoms with Gasteiger partial charge in [0, 0.05) is 12.6 Å². The fourth-order valence-electron chi connectivity index (χ4n) is 4.58. The number of carbonyl (C=O) groups excluding carboxylic acids is 4. The van der Waals surface area contributed by atoms with Crippen LogP contribution < -0.4 is 21.3 Å². The van der Waals surface area contributed by atoms with Gasteiger partial charge >= 0.3 is 0 Å². The second-order valence-corrected chi connectivity index (χ2v) is 10.7. The summed E-state index contributed by atoms with van der Waals surface area (Å²) in [6.07, 6.45) is 5.50. The van der Waals surface area contributed by atoms with Crippen LogP contribution >= 0.6 is 0 Å². The van der Waals surface area contributed by atoms with Crippen molar-refractivity contribution in [3.8, 4) is 12.3 Å². The summed E-state index contributed by atoms with van der Waals surface area (Å²) in [4.78, 5) is 56.3. The highest BCUT2D eigenvalue weighted by atomic mass is 16.3. The third-order valence-electron chi connectivity index (χ3n) is 6.92. The number of amides is 4. The van der Waals surface area contributed by atoms with Gasteiger partial charge in [-0.05, 0) is 35.6 Å². The summed E-state index contributed by atoms with van der Waals surface area (Å²) in [5, 5.41) is 22.1. The lowest BCUT2D eigenvalue weighted by Gasteiger charge is -2.28. The van der Waals surface area contributed by atoms with Crippen LogP contribution in [0.15, 0.2) is 85.1 Å². The van der Waals surface area contributed by atoms with Crippen LogP contribution in [0.1, 0.15) is 41.9 Å². The summed E-state index contributed by atoms with van der Waals surface area (Å²) < 4.78 is 0. The summed E-state index contributed by atoms with van der Waals surface area (Å²) in [7, 11) is 0. The lowest BCUT2D eigenvalue weighted by molar-refractivity contribution is -0.130. The number of nitrogens with zero attached hydrogens (tertiary/aromatic N) is 1. The molecule has 10 heteroatoms. The van der Waals surface area contributed by atoms with Gasteiger partial charge in [0.2, 0.25) is 17.7 Å². The third-order valence-corrected chi connectivity index (χ3v) is 6.92. The van der Waals surface area contributed by atoms with Crippen LogP contribution in [0.5, 0.6) is 0 Å². The van der Waals surface area contributed by atoms with Crippen molar-refractivity contribution in [3.05, 3.63) is 102 Å². The molecule has 0 aliphatic rings. The normalized spacial score (nSPS) is 13.4. The minimum Gasteiger partial charge on any atom is -0.390 e. The van der Waals surface area contributed by atoms with E-state index >= 15 is 0 Å². The van der Waals surface area contributed by atoms with Gasteiger partial charge in [0.1, 0.15) is 17.8 Å². The van der Waals surface area contributed by atoms with E-state index in [1.807, 2.05) is 60.7 Å². The van der Waals surface area contributed by atoms with Crippen LogP contribution in [0, 0.1) is 18.3 Å². The molecule has 0 radical (unpaired) electrons. The van der Waals surface area contributed by atoms with Crippen LogP contribution in [0.2, 0.25) is 0 Å². The highest BCUT2D eigenvalue weighted by Crippen LogP contribution is 2.12. The van der Waals surface area contributed by atoms with Crippen molar-refractivity contribution in [1.82, 2.24) is 26.3 Å². The van der Waals surface area contributed by atoms with Crippen molar-refractivity contribution in [2.24, 2.45) is 5.92 Å². The number of nitrogens with one attached hydrogen (secondary N) is 4. The molecule has 0 aliphatic carbocycles. The number of hydrogen-bond donors (Lipinski definition) is 5. The van der Waals surface area contributed by atoms with E-state index in [1.54, 1.807) is 32.0 Å². The minimum atomic E-state index is -1.32. The molecular formula is C34H39N5O5. The first-order valence-electron chi connectivity index (χ1n) is 14.5. The first-order valence-corrected chi connectivity index (χ1v) is 14.5. The SMILES string of the molecule is C#CCNC(=O)[C@H](Cc1ccccc1)NC(=O)C[C@H](O)[C@H](Cc1ccccc1)NC(=O)[C@@H](NC(=O)c1ccccn1)C(C)C. The van der Waals surface area contributed by atoms with E-state index in [0.717, 1.165) is 11.1 Å². The summed E-state index contributed by atoms with van der Waals surface area (Å²) in [5.74, 6) is 0.000145. The van der Waals surface area contributed by atoms with Gasteiger partial charge in [0.05, 0.1) is 25.1 Å². The van der Waals surface area contributed by atoms with Crippen molar-refractivity contribution in [1.29, 1.82) is 0 Å². The Morgan fingerprint density at radius 1 is 0.818 bits per heavy atom. The fraction of sp³-hybridized carbons (Fsp3) is 0.324. The second-order valence-electron chi connectivity index (χ2n) is 10.7. The standard InChI is InChI=1S/C34H39N5O5/c1-4-18-36-32(42)28(21-25-15-9-6-10-16-25)37-30(41)22-29(40)27(20-24-13-7-5-8-14-24)38-34(44)31(23(2)3)39-33(43)26-17-11-12-19-35-26/h1,5-17,19,23,27-29,31,40H,18,20-22H2,2-3H3,(H,36,42)(H,37,41)(H,38,44)(H,39,43)/t27-,28-,29-,31-/m0/s1. The van der Waals surface area contributed by atoms with E-state index in [0.29, 0.717) is 0 Å².